The Morgan fingerprint density at radius 2 is 1.71 bits per heavy atom. The Bertz CT molecular complexity index is 1300. The Morgan fingerprint density at radius 3 is 2.38 bits per heavy atom. The summed E-state index contributed by atoms with van der Waals surface area (Å²) in [6, 6.07) is 9.38. The van der Waals surface area contributed by atoms with Gasteiger partial charge in [0.2, 0.25) is 5.91 Å². The van der Waals surface area contributed by atoms with Crippen molar-refractivity contribution < 1.29 is 18.0 Å². The van der Waals surface area contributed by atoms with Gasteiger partial charge in [-0.1, -0.05) is 19.1 Å². The molecule has 176 valence electrons. The highest BCUT2D eigenvalue weighted by atomic mass is 19.2. The van der Waals surface area contributed by atoms with Gasteiger partial charge in [0.25, 0.3) is 0 Å². The van der Waals surface area contributed by atoms with Gasteiger partial charge in [0.05, 0.1) is 17.4 Å². The first-order valence-corrected chi connectivity index (χ1v) is 12.2. The molecule has 5 atom stereocenters. The van der Waals surface area contributed by atoms with E-state index in [1.54, 1.807) is 6.33 Å². The second-order valence-corrected chi connectivity index (χ2v) is 11.3. The largest absolute Gasteiger partial charge is 0.350 e. The lowest BCUT2D eigenvalue weighted by atomic mass is 9.37. The SMILES string of the molecule is CC(C(=O)NC12CC(c3ccc(F)cc3)(C1)C2)[C@H]1[C@@H]2C[C@@H](n3cnc4cc(F)c(F)cc43)C[C@@H]21. The van der Waals surface area contributed by atoms with E-state index in [2.05, 4.69) is 10.3 Å². The molecule has 0 radical (unpaired) electrons. The zero-order valence-corrected chi connectivity index (χ0v) is 18.9. The van der Waals surface area contributed by atoms with Crippen LogP contribution in [0.3, 0.4) is 0 Å². The molecule has 4 nitrogen and oxygen atoms in total. The Labute approximate surface area is 195 Å². The fraction of sp³-hybridized carbons (Fsp3) is 0.481. The number of halogens is 3. The van der Waals surface area contributed by atoms with E-state index < -0.39 is 11.6 Å². The highest BCUT2D eigenvalue weighted by Gasteiger charge is 2.69. The predicted octanol–water partition coefficient (Wildman–Crippen LogP) is 5.28. The van der Waals surface area contributed by atoms with Crippen molar-refractivity contribution in [2.75, 3.05) is 0 Å². The molecule has 3 aromatic rings. The van der Waals surface area contributed by atoms with Crippen LogP contribution in [0.25, 0.3) is 11.0 Å². The molecule has 5 saturated carbocycles. The molecule has 5 fully saturated rings. The minimum Gasteiger partial charge on any atom is -0.350 e. The van der Waals surface area contributed by atoms with Crippen LogP contribution in [0.15, 0.2) is 42.7 Å². The van der Waals surface area contributed by atoms with Crippen molar-refractivity contribution in [1.29, 1.82) is 0 Å². The molecule has 1 heterocycles. The minimum absolute atomic E-state index is 0.0298. The van der Waals surface area contributed by atoms with Crippen LogP contribution in [-0.2, 0) is 10.2 Å². The zero-order chi connectivity index (χ0) is 23.4. The third kappa shape index (κ3) is 2.78. The standard InChI is InChI=1S/C27H26F3N3O/c1-14(25(34)32-27-10-26(11-27,12-27)15-2-4-16(28)5-3-15)24-18-6-17(7-19(18)24)33-13-31-22-8-20(29)21(30)9-23(22)33/h2-5,8-9,13-14,17-19,24H,6-7,10-12H2,1H3,(H,32,34)/t14?,17-,18-,19+,24+,26?,27?. The quantitative estimate of drug-likeness (QED) is 0.558. The van der Waals surface area contributed by atoms with Gasteiger partial charge in [-0.05, 0) is 67.6 Å². The molecule has 5 aliphatic carbocycles. The van der Waals surface area contributed by atoms with Crippen molar-refractivity contribution in [1.82, 2.24) is 14.9 Å². The number of carbonyl (C=O) groups excluding carboxylic acids is 1. The Morgan fingerprint density at radius 1 is 1.06 bits per heavy atom. The second-order valence-electron chi connectivity index (χ2n) is 11.3. The summed E-state index contributed by atoms with van der Waals surface area (Å²) in [6.07, 6.45) is 6.38. The number of hydrogen-bond acceptors (Lipinski definition) is 2. The van der Waals surface area contributed by atoms with Crippen LogP contribution >= 0.6 is 0 Å². The maximum atomic E-state index is 13.8. The molecule has 0 spiro atoms. The van der Waals surface area contributed by atoms with E-state index in [0.29, 0.717) is 28.8 Å². The number of amides is 1. The van der Waals surface area contributed by atoms with Crippen molar-refractivity contribution in [2.24, 2.45) is 23.7 Å². The van der Waals surface area contributed by atoms with Crippen molar-refractivity contribution >= 4 is 16.9 Å². The van der Waals surface area contributed by atoms with Crippen LogP contribution in [-0.4, -0.2) is 21.0 Å². The van der Waals surface area contributed by atoms with Gasteiger partial charge in [0.15, 0.2) is 11.6 Å². The van der Waals surface area contributed by atoms with E-state index in [1.165, 1.54) is 23.8 Å². The van der Waals surface area contributed by atoms with Gasteiger partial charge >= 0.3 is 0 Å². The van der Waals surface area contributed by atoms with Crippen LogP contribution in [0.4, 0.5) is 13.2 Å². The van der Waals surface area contributed by atoms with E-state index in [1.807, 2.05) is 23.6 Å². The zero-order valence-electron chi connectivity index (χ0n) is 18.9. The number of carbonyl (C=O) groups is 1. The summed E-state index contributed by atoms with van der Waals surface area (Å²) in [6.45, 7) is 2.04. The highest BCUT2D eigenvalue weighted by Crippen LogP contribution is 2.68. The van der Waals surface area contributed by atoms with Crippen molar-refractivity contribution in [3.05, 3.63) is 65.7 Å². The van der Waals surface area contributed by atoms with Crippen LogP contribution in [0.5, 0.6) is 0 Å². The summed E-state index contributed by atoms with van der Waals surface area (Å²) < 4.78 is 42.5. The summed E-state index contributed by atoms with van der Waals surface area (Å²) in [7, 11) is 0. The summed E-state index contributed by atoms with van der Waals surface area (Å²) in [5, 5.41) is 3.34. The minimum atomic E-state index is -0.876. The van der Waals surface area contributed by atoms with E-state index in [9.17, 15) is 18.0 Å². The molecule has 0 aliphatic heterocycles. The van der Waals surface area contributed by atoms with Gasteiger partial charge in [-0.15, -0.1) is 0 Å². The van der Waals surface area contributed by atoms with Crippen molar-refractivity contribution in [3.63, 3.8) is 0 Å². The lowest BCUT2D eigenvalue weighted by Gasteiger charge is -2.71. The van der Waals surface area contributed by atoms with Gasteiger partial charge in [0.1, 0.15) is 5.82 Å². The molecule has 2 aromatic carbocycles. The molecular formula is C27H26F3N3O. The lowest BCUT2D eigenvalue weighted by molar-refractivity contribution is -0.142. The summed E-state index contributed by atoms with van der Waals surface area (Å²) >= 11 is 0. The molecule has 34 heavy (non-hydrogen) atoms. The molecule has 0 saturated heterocycles. The Kier molecular flexibility index (Phi) is 4.01. The second kappa shape index (κ2) is 6.64. The highest BCUT2D eigenvalue weighted by molar-refractivity contribution is 5.81. The number of hydrogen-bond donors (Lipinski definition) is 1. The third-order valence-corrected chi connectivity index (χ3v) is 9.36. The van der Waals surface area contributed by atoms with E-state index >= 15 is 0 Å². The number of imidazole rings is 1. The van der Waals surface area contributed by atoms with E-state index in [4.69, 9.17) is 0 Å². The first-order chi connectivity index (χ1) is 16.3. The van der Waals surface area contributed by atoms with Crippen LogP contribution in [0, 0.1) is 41.1 Å². The van der Waals surface area contributed by atoms with Gasteiger partial charge in [-0.2, -0.15) is 0 Å². The number of nitrogens with zero attached hydrogens (tertiary/aromatic N) is 2. The van der Waals surface area contributed by atoms with Gasteiger partial charge in [0, 0.05) is 35.0 Å². The predicted molar refractivity (Wildman–Crippen MR) is 120 cm³/mol. The fourth-order valence-corrected chi connectivity index (χ4v) is 7.73. The smallest absolute Gasteiger partial charge is 0.223 e. The van der Waals surface area contributed by atoms with Gasteiger partial charge in [-0.3, -0.25) is 4.79 Å². The lowest BCUT2D eigenvalue weighted by Crippen LogP contribution is -2.77. The molecule has 1 aromatic heterocycles. The molecule has 8 rings (SSSR count). The van der Waals surface area contributed by atoms with Crippen LogP contribution in [0.2, 0.25) is 0 Å². The summed E-state index contributed by atoms with van der Waals surface area (Å²) in [5.41, 5.74) is 2.31. The van der Waals surface area contributed by atoms with Crippen molar-refractivity contribution in [2.45, 2.75) is 56.0 Å². The summed E-state index contributed by atoms with van der Waals surface area (Å²) in [5.74, 6) is -0.453. The maximum Gasteiger partial charge on any atom is 0.223 e. The van der Waals surface area contributed by atoms with Crippen molar-refractivity contribution in [3.8, 4) is 0 Å². The third-order valence-electron chi connectivity index (χ3n) is 9.36. The number of benzene rings is 2. The normalized spacial score (nSPS) is 35.9. The number of rotatable bonds is 5. The Hall–Kier alpha value is -2.83. The first-order valence-electron chi connectivity index (χ1n) is 12.2. The van der Waals surface area contributed by atoms with E-state index in [0.717, 1.165) is 38.2 Å². The van der Waals surface area contributed by atoms with Crippen LogP contribution < -0.4 is 5.32 Å². The molecule has 2 bridgehead atoms. The number of aromatic nitrogens is 2. The first kappa shape index (κ1) is 20.5. The Balaban J connectivity index is 0.967. The number of nitrogens with one attached hydrogen (secondary N) is 1. The maximum absolute atomic E-state index is 13.8. The average Bonchev–Trinajstić information content (AvgIpc) is 3.07. The van der Waals surface area contributed by atoms with Gasteiger partial charge < -0.3 is 9.88 Å². The molecular weight excluding hydrogens is 439 g/mol. The molecule has 7 heteroatoms. The van der Waals surface area contributed by atoms with Crippen LogP contribution in [0.1, 0.15) is 50.6 Å². The number of fused-ring (bicyclic) bond motifs is 2. The van der Waals surface area contributed by atoms with Gasteiger partial charge in [-0.25, -0.2) is 18.2 Å². The molecule has 1 amide bonds. The fourth-order valence-electron chi connectivity index (χ4n) is 7.73. The average molecular weight is 466 g/mol. The molecule has 1 unspecified atom stereocenters. The summed E-state index contributed by atoms with van der Waals surface area (Å²) in [4.78, 5) is 17.3. The molecule has 1 N–H and O–H groups in total. The molecule has 5 aliphatic rings. The van der Waals surface area contributed by atoms with E-state index in [-0.39, 0.29) is 34.6 Å². The monoisotopic (exact) mass is 465 g/mol. The topological polar surface area (TPSA) is 46.9 Å².